The number of anilines is 1. The quantitative estimate of drug-likeness (QED) is 0.566. The highest BCUT2D eigenvalue weighted by Gasteiger charge is 2.14. The molecule has 2 nitrogen and oxygen atoms in total. The van der Waals surface area contributed by atoms with Gasteiger partial charge in [0.05, 0.1) is 11.3 Å². The van der Waals surface area contributed by atoms with Gasteiger partial charge in [-0.1, -0.05) is 6.07 Å². The van der Waals surface area contributed by atoms with Crippen molar-refractivity contribution in [2.45, 2.75) is 0 Å². The first kappa shape index (κ1) is 14.9. The second-order valence-corrected chi connectivity index (χ2v) is 6.63. The number of nitrogens with one attached hydrogen (secondary N) is 1. The number of carbonyl (C=O) groups excluding carboxylic acids is 1. The number of hydrogen-bond acceptors (Lipinski definition) is 1. The minimum Gasteiger partial charge on any atom is -0.318 e. The molecule has 0 radical (unpaired) electrons. The molecule has 0 aliphatic carbocycles. The minimum atomic E-state index is -0.482. The highest BCUT2D eigenvalue weighted by molar-refractivity contribution is 14.1. The number of carbonyl (C=O) groups is 1. The average Bonchev–Trinajstić information content (AvgIpc) is 2.37. The van der Waals surface area contributed by atoms with Crippen molar-refractivity contribution >= 4 is 66.0 Å². The molecule has 6 heteroatoms. The van der Waals surface area contributed by atoms with E-state index in [1.165, 1.54) is 6.07 Å². The predicted octanol–water partition coefficient (Wildman–Crippen LogP) is 5.21. The van der Waals surface area contributed by atoms with E-state index in [9.17, 15) is 9.18 Å². The lowest BCUT2D eigenvalue weighted by molar-refractivity contribution is 0.102. The van der Waals surface area contributed by atoms with E-state index in [2.05, 4.69) is 59.8 Å². The topological polar surface area (TPSA) is 29.1 Å². The van der Waals surface area contributed by atoms with E-state index in [1.54, 1.807) is 24.3 Å². The minimum absolute atomic E-state index is 0.137. The fourth-order valence-electron chi connectivity index (χ4n) is 1.47. The first-order valence-electron chi connectivity index (χ1n) is 5.19. The predicted molar refractivity (Wildman–Crippen MR) is 88.9 cm³/mol. The van der Waals surface area contributed by atoms with Crippen LogP contribution in [0.3, 0.4) is 0 Å². The van der Waals surface area contributed by atoms with Crippen LogP contribution in [-0.2, 0) is 0 Å². The number of amides is 1. The van der Waals surface area contributed by atoms with Gasteiger partial charge in [-0.3, -0.25) is 4.79 Å². The number of hydrogen-bond donors (Lipinski definition) is 1. The molecule has 0 aromatic heterocycles. The molecule has 0 unspecified atom stereocenters. The second kappa shape index (κ2) is 6.32. The SMILES string of the molecule is O=C(Nc1c(F)cccc1Br)c1cc(I)ccc1Br. The first-order valence-corrected chi connectivity index (χ1v) is 7.86. The Labute approximate surface area is 140 Å². The second-order valence-electron chi connectivity index (χ2n) is 3.67. The van der Waals surface area contributed by atoms with Crippen LogP contribution in [0.15, 0.2) is 45.3 Å². The van der Waals surface area contributed by atoms with Gasteiger partial charge in [0.25, 0.3) is 5.91 Å². The molecule has 0 heterocycles. The van der Waals surface area contributed by atoms with Crippen molar-refractivity contribution in [1.82, 2.24) is 0 Å². The zero-order valence-corrected chi connectivity index (χ0v) is 14.7. The maximum atomic E-state index is 13.6. The molecule has 2 aromatic rings. The Morgan fingerprint density at radius 1 is 1.16 bits per heavy atom. The molecule has 98 valence electrons. The standard InChI is InChI=1S/C13H7Br2FINO/c14-9-5-4-7(17)6-8(9)13(19)18-12-10(15)2-1-3-11(12)16/h1-6H,(H,18,19). The third-order valence-corrected chi connectivity index (χ3v) is 4.40. The smallest absolute Gasteiger partial charge is 0.256 e. The van der Waals surface area contributed by atoms with Gasteiger partial charge in [-0.05, 0) is 84.8 Å². The van der Waals surface area contributed by atoms with Crippen LogP contribution in [0.1, 0.15) is 10.4 Å². The molecule has 0 spiro atoms. The Hall–Kier alpha value is -0.470. The largest absolute Gasteiger partial charge is 0.318 e. The van der Waals surface area contributed by atoms with Gasteiger partial charge < -0.3 is 5.32 Å². The normalized spacial score (nSPS) is 10.3. The fraction of sp³-hybridized carbons (Fsp3) is 0. The molecule has 0 saturated heterocycles. The third kappa shape index (κ3) is 3.55. The van der Waals surface area contributed by atoms with Gasteiger partial charge >= 0.3 is 0 Å². The van der Waals surface area contributed by atoms with Crippen molar-refractivity contribution in [3.8, 4) is 0 Å². The van der Waals surface area contributed by atoms with Crippen LogP contribution >= 0.6 is 54.5 Å². The summed E-state index contributed by atoms with van der Waals surface area (Å²) in [5.41, 5.74) is 0.598. The third-order valence-electron chi connectivity index (χ3n) is 2.37. The molecule has 2 aromatic carbocycles. The molecule has 2 rings (SSSR count). The van der Waals surface area contributed by atoms with Gasteiger partial charge in [-0.15, -0.1) is 0 Å². The molecule has 0 aliphatic rings. The van der Waals surface area contributed by atoms with Gasteiger partial charge in [0, 0.05) is 12.5 Å². The first-order chi connectivity index (χ1) is 8.99. The van der Waals surface area contributed by atoms with Crippen molar-refractivity contribution in [2.75, 3.05) is 5.32 Å². The lowest BCUT2D eigenvalue weighted by Crippen LogP contribution is -2.14. The Morgan fingerprint density at radius 3 is 2.58 bits per heavy atom. The summed E-state index contributed by atoms with van der Waals surface area (Å²) >= 11 is 8.64. The van der Waals surface area contributed by atoms with E-state index >= 15 is 0 Å². The monoisotopic (exact) mass is 497 g/mol. The summed E-state index contributed by atoms with van der Waals surface area (Å²) in [4.78, 5) is 12.2. The van der Waals surface area contributed by atoms with Crippen molar-refractivity contribution in [3.05, 3.63) is 60.3 Å². The lowest BCUT2D eigenvalue weighted by atomic mass is 10.2. The zero-order valence-electron chi connectivity index (χ0n) is 9.38. The van der Waals surface area contributed by atoms with E-state index < -0.39 is 5.82 Å². The Balaban J connectivity index is 2.34. The summed E-state index contributed by atoms with van der Waals surface area (Å²) in [6, 6.07) is 9.92. The van der Waals surface area contributed by atoms with E-state index in [-0.39, 0.29) is 11.6 Å². The van der Waals surface area contributed by atoms with Crippen molar-refractivity contribution in [1.29, 1.82) is 0 Å². The number of halogens is 4. The summed E-state index contributed by atoms with van der Waals surface area (Å²) < 4.78 is 15.7. The van der Waals surface area contributed by atoms with Crippen molar-refractivity contribution in [3.63, 3.8) is 0 Å². The molecule has 1 N–H and O–H groups in total. The average molecular weight is 499 g/mol. The van der Waals surface area contributed by atoms with Crippen LogP contribution < -0.4 is 5.32 Å². The maximum Gasteiger partial charge on any atom is 0.256 e. The van der Waals surface area contributed by atoms with Crippen LogP contribution in [0, 0.1) is 9.39 Å². The molecule has 0 bridgehead atoms. The molecule has 0 fully saturated rings. The zero-order chi connectivity index (χ0) is 14.0. The van der Waals surface area contributed by atoms with Crippen LogP contribution in [-0.4, -0.2) is 5.91 Å². The summed E-state index contributed by atoms with van der Waals surface area (Å²) in [7, 11) is 0. The number of rotatable bonds is 2. The Morgan fingerprint density at radius 2 is 1.89 bits per heavy atom. The lowest BCUT2D eigenvalue weighted by Gasteiger charge is -2.10. The van der Waals surface area contributed by atoms with Crippen LogP contribution in [0.5, 0.6) is 0 Å². The van der Waals surface area contributed by atoms with E-state index in [4.69, 9.17) is 0 Å². The van der Waals surface area contributed by atoms with Crippen molar-refractivity contribution < 1.29 is 9.18 Å². The summed E-state index contributed by atoms with van der Waals surface area (Å²) in [6.45, 7) is 0. The Bertz CT molecular complexity index is 628. The van der Waals surface area contributed by atoms with Crippen molar-refractivity contribution in [2.24, 2.45) is 0 Å². The van der Waals surface area contributed by atoms with Crippen LogP contribution in [0.4, 0.5) is 10.1 Å². The van der Waals surface area contributed by atoms with Gasteiger partial charge in [-0.25, -0.2) is 4.39 Å². The van der Waals surface area contributed by atoms with Gasteiger partial charge in [0.2, 0.25) is 0 Å². The molecule has 0 saturated carbocycles. The molecule has 19 heavy (non-hydrogen) atoms. The van der Waals surface area contributed by atoms with Gasteiger partial charge in [-0.2, -0.15) is 0 Å². The molecule has 0 aliphatic heterocycles. The molecule has 0 atom stereocenters. The van der Waals surface area contributed by atoms with E-state index in [1.807, 2.05) is 6.07 Å². The maximum absolute atomic E-state index is 13.6. The number of benzene rings is 2. The summed E-state index contributed by atoms with van der Waals surface area (Å²) in [5, 5.41) is 2.57. The summed E-state index contributed by atoms with van der Waals surface area (Å²) in [5.74, 6) is -0.847. The highest BCUT2D eigenvalue weighted by atomic mass is 127. The number of para-hydroxylation sites is 1. The molecular formula is C13H7Br2FINO. The van der Waals surface area contributed by atoms with Crippen LogP contribution in [0.2, 0.25) is 0 Å². The summed E-state index contributed by atoms with van der Waals surface area (Å²) in [6.07, 6.45) is 0. The van der Waals surface area contributed by atoms with Gasteiger partial charge in [0.15, 0.2) is 0 Å². The molecule has 1 amide bonds. The van der Waals surface area contributed by atoms with E-state index in [0.29, 0.717) is 14.5 Å². The van der Waals surface area contributed by atoms with Crippen LogP contribution in [0.25, 0.3) is 0 Å². The van der Waals surface area contributed by atoms with Gasteiger partial charge in [0.1, 0.15) is 5.82 Å². The molecular weight excluding hydrogens is 492 g/mol. The Kier molecular flexibility index (Phi) is 4.97. The van der Waals surface area contributed by atoms with E-state index in [0.717, 1.165) is 3.57 Å². The highest BCUT2D eigenvalue weighted by Crippen LogP contribution is 2.27. The fourth-order valence-corrected chi connectivity index (χ4v) is 2.83.